The average Bonchev–Trinajstić information content (AvgIpc) is 2.38. The maximum atomic E-state index is 10.9. The van der Waals surface area contributed by atoms with Gasteiger partial charge >= 0.3 is 5.69 Å². The number of aliphatic hydroxyl groups excluding tert-OH is 1. The summed E-state index contributed by atoms with van der Waals surface area (Å²) in [5, 5.41) is 23.9. The lowest BCUT2D eigenvalue weighted by Gasteiger charge is -2.49. The molecule has 2 N–H and O–H groups in total. The van der Waals surface area contributed by atoms with E-state index in [0.717, 1.165) is 5.69 Å². The molecule has 6 nitrogen and oxygen atoms in total. The number of hydrogen-bond acceptors (Lipinski definition) is 5. The first-order valence-electron chi connectivity index (χ1n) is 6.72. The Bertz CT molecular complexity index is 516. The summed E-state index contributed by atoms with van der Waals surface area (Å²) in [7, 11) is 0. The summed E-state index contributed by atoms with van der Waals surface area (Å²) in [6, 6.07) is 4.90. The summed E-state index contributed by atoms with van der Waals surface area (Å²) in [5.74, 6) is 0.264. The van der Waals surface area contributed by atoms with Crippen molar-refractivity contribution in [1.29, 1.82) is 0 Å². The molecule has 0 radical (unpaired) electrons. The fraction of sp³-hybridized carbons (Fsp3) is 0.571. The van der Waals surface area contributed by atoms with Crippen LogP contribution in [0.15, 0.2) is 18.2 Å². The van der Waals surface area contributed by atoms with Gasteiger partial charge in [0.05, 0.1) is 17.6 Å². The largest absolute Gasteiger partial charge is 0.487 e. The van der Waals surface area contributed by atoms with Crippen LogP contribution >= 0.6 is 0 Å². The molecule has 1 aliphatic carbocycles. The Kier molecular flexibility index (Phi) is 3.85. The third-order valence-corrected chi connectivity index (χ3v) is 4.01. The standard InChI is InChI=1S/C14H20N2O4/c1-4-20-11-7-9(5-6-10(11)16(18)19)15-12-8-13(17)14(12,2)3/h5-7,12-13,15,17H,4,8H2,1-3H3. The van der Waals surface area contributed by atoms with Gasteiger partial charge in [0.2, 0.25) is 0 Å². The zero-order valence-corrected chi connectivity index (χ0v) is 11.9. The Morgan fingerprint density at radius 1 is 1.55 bits per heavy atom. The van der Waals surface area contributed by atoms with Crippen LogP contribution in [0.25, 0.3) is 0 Å². The molecule has 1 aromatic rings. The van der Waals surface area contributed by atoms with E-state index in [1.54, 1.807) is 19.1 Å². The molecule has 6 heteroatoms. The molecule has 1 saturated carbocycles. The third kappa shape index (κ3) is 2.56. The van der Waals surface area contributed by atoms with Gasteiger partial charge in [0.25, 0.3) is 0 Å². The van der Waals surface area contributed by atoms with Crippen LogP contribution in [0.2, 0.25) is 0 Å². The molecule has 0 heterocycles. The predicted molar refractivity (Wildman–Crippen MR) is 76.1 cm³/mol. The van der Waals surface area contributed by atoms with E-state index in [9.17, 15) is 15.2 Å². The number of nitro benzene ring substituents is 1. The smallest absolute Gasteiger partial charge is 0.311 e. The summed E-state index contributed by atoms with van der Waals surface area (Å²) in [4.78, 5) is 10.5. The van der Waals surface area contributed by atoms with Crippen LogP contribution in [0.5, 0.6) is 5.75 Å². The lowest BCUT2D eigenvalue weighted by molar-refractivity contribution is -0.385. The SMILES string of the molecule is CCOc1cc(NC2CC(O)C2(C)C)ccc1[N+](=O)[O-]. The molecule has 2 atom stereocenters. The highest BCUT2D eigenvalue weighted by atomic mass is 16.6. The summed E-state index contributed by atoms with van der Waals surface area (Å²) in [6.45, 7) is 6.15. The molecule has 0 spiro atoms. The van der Waals surface area contributed by atoms with Crippen molar-refractivity contribution in [2.45, 2.75) is 39.3 Å². The second kappa shape index (κ2) is 5.28. The van der Waals surface area contributed by atoms with Gasteiger partial charge in [0, 0.05) is 29.3 Å². The molecule has 0 amide bonds. The fourth-order valence-electron chi connectivity index (χ4n) is 2.37. The quantitative estimate of drug-likeness (QED) is 0.639. The Hall–Kier alpha value is -1.82. The number of nitrogens with one attached hydrogen (secondary N) is 1. The van der Waals surface area contributed by atoms with Crippen molar-refractivity contribution < 1.29 is 14.8 Å². The lowest BCUT2D eigenvalue weighted by atomic mass is 9.64. The first-order valence-corrected chi connectivity index (χ1v) is 6.72. The molecule has 20 heavy (non-hydrogen) atoms. The Labute approximate surface area is 117 Å². The molecule has 2 rings (SSSR count). The number of nitrogens with zero attached hydrogens (tertiary/aromatic N) is 1. The maximum Gasteiger partial charge on any atom is 0.311 e. The Balaban J connectivity index is 2.17. The number of rotatable bonds is 5. The number of anilines is 1. The molecule has 0 aromatic heterocycles. The van der Waals surface area contributed by atoms with Crippen LogP contribution in [0.4, 0.5) is 11.4 Å². The minimum absolute atomic E-state index is 0.0368. The van der Waals surface area contributed by atoms with Crippen LogP contribution in [-0.2, 0) is 0 Å². The van der Waals surface area contributed by atoms with Crippen molar-refractivity contribution in [1.82, 2.24) is 0 Å². The number of hydrogen-bond donors (Lipinski definition) is 2. The fourth-order valence-corrected chi connectivity index (χ4v) is 2.37. The van der Waals surface area contributed by atoms with Crippen molar-refractivity contribution in [3.8, 4) is 5.75 Å². The van der Waals surface area contributed by atoms with E-state index in [4.69, 9.17) is 4.74 Å². The van der Waals surface area contributed by atoms with E-state index in [1.807, 2.05) is 13.8 Å². The van der Waals surface area contributed by atoms with E-state index >= 15 is 0 Å². The van der Waals surface area contributed by atoms with Crippen LogP contribution in [0.3, 0.4) is 0 Å². The maximum absolute atomic E-state index is 10.9. The molecule has 0 bridgehead atoms. The van der Waals surface area contributed by atoms with Gasteiger partial charge in [0.1, 0.15) is 0 Å². The van der Waals surface area contributed by atoms with Crippen molar-refractivity contribution >= 4 is 11.4 Å². The molecule has 0 saturated heterocycles. The summed E-state index contributed by atoms with van der Waals surface area (Å²) < 4.78 is 5.31. The zero-order valence-electron chi connectivity index (χ0n) is 11.9. The van der Waals surface area contributed by atoms with E-state index in [2.05, 4.69) is 5.32 Å². The average molecular weight is 280 g/mol. The van der Waals surface area contributed by atoms with Crippen molar-refractivity contribution in [3.05, 3.63) is 28.3 Å². The van der Waals surface area contributed by atoms with Crippen LogP contribution in [-0.4, -0.2) is 28.8 Å². The minimum Gasteiger partial charge on any atom is -0.487 e. The normalized spacial score (nSPS) is 23.8. The van der Waals surface area contributed by atoms with Crippen molar-refractivity contribution in [2.24, 2.45) is 5.41 Å². The number of benzene rings is 1. The van der Waals surface area contributed by atoms with E-state index in [1.165, 1.54) is 6.07 Å². The molecule has 1 aliphatic rings. The number of aliphatic hydroxyl groups is 1. The third-order valence-electron chi connectivity index (χ3n) is 4.01. The summed E-state index contributed by atoms with van der Waals surface area (Å²) in [5.41, 5.74) is 0.530. The highest BCUT2D eigenvalue weighted by Crippen LogP contribution is 2.42. The van der Waals surface area contributed by atoms with Crippen LogP contribution < -0.4 is 10.1 Å². The van der Waals surface area contributed by atoms with Gasteiger partial charge in [-0.2, -0.15) is 0 Å². The second-order valence-corrected chi connectivity index (χ2v) is 5.64. The molecule has 0 aliphatic heterocycles. The minimum atomic E-state index is -0.453. The van der Waals surface area contributed by atoms with E-state index in [0.29, 0.717) is 13.0 Å². The highest BCUT2D eigenvalue weighted by molar-refractivity contribution is 5.58. The monoisotopic (exact) mass is 280 g/mol. The summed E-state index contributed by atoms with van der Waals surface area (Å²) >= 11 is 0. The molecular weight excluding hydrogens is 260 g/mol. The topological polar surface area (TPSA) is 84.6 Å². The number of ether oxygens (including phenoxy) is 1. The molecular formula is C14H20N2O4. The Morgan fingerprint density at radius 2 is 2.25 bits per heavy atom. The highest BCUT2D eigenvalue weighted by Gasteiger charge is 2.47. The summed E-state index contributed by atoms with van der Waals surface area (Å²) in [6.07, 6.45) is 0.359. The van der Waals surface area contributed by atoms with Gasteiger partial charge < -0.3 is 15.2 Å². The van der Waals surface area contributed by atoms with Crippen molar-refractivity contribution in [2.75, 3.05) is 11.9 Å². The van der Waals surface area contributed by atoms with Crippen LogP contribution in [0.1, 0.15) is 27.2 Å². The molecule has 2 unspecified atom stereocenters. The number of nitro groups is 1. The van der Waals surface area contributed by atoms with Gasteiger partial charge in [-0.1, -0.05) is 13.8 Å². The van der Waals surface area contributed by atoms with Gasteiger partial charge in [-0.15, -0.1) is 0 Å². The molecule has 110 valence electrons. The predicted octanol–water partition coefficient (Wildman–Crippen LogP) is 2.56. The van der Waals surface area contributed by atoms with Gasteiger partial charge in [-0.25, -0.2) is 0 Å². The van der Waals surface area contributed by atoms with E-state index in [-0.39, 0.29) is 29.0 Å². The first kappa shape index (κ1) is 14.6. The van der Waals surface area contributed by atoms with Gasteiger partial charge in [0.15, 0.2) is 5.75 Å². The van der Waals surface area contributed by atoms with Gasteiger partial charge in [-0.05, 0) is 19.4 Å². The van der Waals surface area contributed by atoms with Crippen LogP contribution in [0, 0.1) is 15.5 Å². The zero-order chi connectivity index (χ0) is 14.9. The second-order valence-electron chi connectivity index (χ2n) is 5.64. The first-order chi connectivity index (χ1) is 9.36. The Morgan fingerprint density at radius 3 is 2.75 bits per heavy atom. The van der Waals surface area contributed by atoms with Crippen molar-refractivity contribution in [3.63, 3.8) is 0 Å². The molecule has 1 aromatic carbocycles. The molecule has 1 fully saturated rings. The van der Waals surface area contributed by atoms with Gasteiger partial charge in [-0.3, -0.25) is 10.1 Å². The van der Waals surface area contributed by atoms with E-state index < -0.39 is 4.92 Å². The lowest BCUT2D eigenvalue weighted by Crippen LogP contribution is -2.56.